The van der Waals surface area contributed by atoms with Crippen molar-refractivity contribution in [3.05, 3.63) is 24.3 Å². The highest BCUT2D eigenvalue weighted by atomic mass is 16.6. The van der Waals surface area contributed by atoms with E-state index < -0.39 is 6.09 Å². The molecule has 0 aliphatic rings. The summed E-state index contributed by atoms with van der Waals surface area (Å²) in [5.74, 6) is 5.24. The zero-order valence-corrected chi connectivity index (χ0v) is 7.61. The SMILES string of the molecule is CONc1ccc(OC(=O)NN)cc1. The van der Waals surface area contributed by atoms with Crippen molar-refractivity contribution in [1.82, 2.24) is 5.43 Å². The van der Waals surface area contributed by atoms with Crippen LogP contribution in [-0.4, -0.2) is 13.2 Å². The summed E-state index contributed by atoms with van der Waals surface area (Å²) in [6.45, 7) is 0. The molecular weight excluding hydrogens is 186 g/mol. The van der Waals surface area contributed by atoms with Crippen molar-refractivity contribution in [3.8, 4) is 5.75 Å². The van der Waals surface area contributed by atoms with Crippen LogP contribution in [-0.2, 0) is 4.84 Å². The van der Waals surface area contributed by atoms with Crippen molar-refractivity contribution >= 4 is 11.8 Å². The number of carbonyl (C=O) groups is 1. The Labute approximate surface area is 80.9 Å². The standard InChI is InChI=1S/C8H11N3O3/c1-13-11-6-2-4-7(5-3-6)14-8(12)10-9/h2-5,11H,9H2,1H3,(H,10,12). The van der Waals surface area contributed by atoms with Crippen LogP contribution in [0.3, 0.4) is 0 Å². The summed E-state index contributed by atoms with van der Waals surface area (Å²) in [6.07, 6.45) is -0.711. The highest BCUT2D eigenvalue weighted by Crippen LogP contribution is 2.15. The fourth-order valence-corrected chi connectivity index (χ4v) is 0.845. The molecule has 1 aromatic rings. The molecule has 6 heteroatoms. The molecule has 0 aromatic heterocycles. The lowest BCUT2D eigenvalue weighted by Crippen LogP contribution is -2.32. The number of hydrazine groups is 1. The lowest BCUT2D eigenvalue weighted by Gasteiger charge is -2.05. The van der Waals surface area contributed by atoms with Gasteiger partial charge in [0.1, 0.15) is 5.75 Å². The summed E-state index contributed by atoms with van der Waals surface area (Å²) in [5.41, 5.74) is 5.23. The molecule has 0 atom stereocenters. The Morgan fingerprint density at radius 2 is 2.00 bits per heavy atom. The molecule has 76 valence electrons. The predicted molar refractivity (Wildman–Crippen MR) is 50.4 cm³/mol. The maximum absolute atomic E-state index is 10.7. The van der Waals surface area contributed by atoms with Gasteiger partial charge in [-0.1, -0.05) is 0 Å². The van der Waals surface area contributed by atoms with Crippen LogP contribution in [0.5, 0.6) is 5.75 Å². The first-order chi connectivity index (χ1) is 6.76. The Morgan fingerprint density at radius 3 is 2.50 bits per heavy atom. The number of ether oxygens (including phenoxy) is 1. The third-order valence-corrected chi connectivity index (χ3v) is 1.40. The van der Waals surface area contributed by atoms with E-state index in [0.717, 1.165) is 5.69 Å². The van der Waals surface area contributed by atoms with Crippen molar-refractivity contribution in [2.24, 2.45) is 5.84 Å². The topological polar surface area (TPSA) is 85.6 Å². The van der Waals surface area contributed by atoms with Gasteiger partial charge in [0.25, 0.3) is 0 Å². The van der Waals surface area contributed by atoms with Gasteiger partial charge in [0, 0.05) is 0 Å². The average Bonchev–Trinajstić information content (AvgIpc) is 2.21. The average molecular weight is 197 g/mol. The minimum absolute atomic E-state index is 0.398. The summed E-state index contributed by atoms with van der Waals surface area (Å²) in [7, 11) is 1.51. The minimum Gasteiger partial charge on any atom is -0.409 e. The van der Waals surface area contributed by atoms with Crippen molar-refractivity contribution < 1.29 is 14.4 Å². The van der Waals surface area contributed by atoms with E-state index in [2.05, 4.69) is 10.3 Å². The Balaban J connectivity index is 2.59. The number of hydrogen-bond donors (Lipinski definition) is 3. The maximum atomic E-state index is 10.7. The Kier molecular flexibility index (Phi) is 3.71. The largest absolute Gasteiger partial charge is 0.426 e. The molecule has 0 bridgehead atoms. The molecule has 14 heavy (non-hydrogen) atoms. The van der Waals surface area contributed by atoms with Crippen molar-refractivity contribution in [2.75, 3.05) is 12.6 Å². The molecule has 0 unspecified atom stereocenters. The summed E-state index contributed by atoms with van der Waals surface area (Å²) in [5, 5.41) is 0. The monoisotopic (exact) mass is 197 g/mol. The molecule has 1 rings (SSSR count). The van der Waals surface area contributed by atoms with Gasteiger partial charge in [-0.2, -0.15) is 0 Å². The molecule has 0 saturated heterocycles. The second-order valence-electron chi connectivity index (χ2n) is 2.36. The van der Waals surface area contributed by atoms with Crippen molar-refractivity contribution in [1.29, 1.82) is 0 Å². The lowest BCUT2D eigenvalue weighted by atomic mass is 10.3. The van der Waals surface area contributed by atoms with E-state index in [0.29, 0.717) is 5.75 Å². The smallest absolute Gasteiger partial charge is 0.409 e. The van der Waals surface area contributed by atoms with E-state index in [1.807, 2.05) is 5.43 Å². The number of rotatable bonds is 3. The number of anilines is 1. The highest BCUT2D eigenvalue weighted by Gasteiger charge is 2.00. The van der Waals surface area contributed by atoms with Crippen LogP contribution in [0.15, 0.2) is 24.3 Å². The van der Waals surface area contributed by atoms with E-state index in [9.17, 15) is 4.79 Å². The third kappa shape index (κ3) is 2.92. The van der Waals surface area contributed by atoms with Gasteiger partial charge in [-0.25, -0.2) is 10.6 Å². The van der Waals surface area contributed by atoms with E-state index >= 15 is 0 Å². The van der Waals surface area contributed by atoms with Crippen LogP contribution >= 0.6 is 0 Å². The molecule has 0 aliphatic heterocycles. The molecular formula is C8H11N3O3. The number of hydrogen-bond acceptors (Lipinski definition) is 5. The van der Waals surface area contributed by atoms with Crippen LogP contribution in [0.4, 0.5) is 10.5 Å². The van der Waals surface area contributed by atoms with Crippen LogP contribution in [0.25, 0.3) is 0 Å². The number of benzene rings is 1. The van der Waals surface area contributed by atoms with Gasteiger partial charge in [0.2, 0.25) is 0 Å². The molecule has 0 saturated carbocycles. The first-order valence-electron chi connectivity index (χ1n) is 3.83. The van der Waals surface area contributed by atoms with Gasteiger partial charge in [-0.3, -0.25) is 15.7 Å². The molecule has 1 aromatic carbocycles. The normalized spacial score (nSPS) is 9.29. The second kappa shape index (κ2) is 5.05. The fraction of sp³-hybridized carbons (Fsp3) is 0.125. The predicted octanol–water partition coefficient (Wildman–Crippen LogP) is 0.622. The first-order valence-corrected chi connectivity index (χ1v) is 3.83. The van der Waals surface area contributed by atoms with Gasteiger partial charge in [0.05, 0.1) is 12.8 Å². The van der Waals surface area contributed by atoms with Crippen LogP contribution < -0.4 is 21.5 Å². The lowest BCUT2D eigenvalue weighted by molar-refractivity contribution is 0.200. The third-order valence-electron chi connectivity index (χ3n) is 1.40. The summed E-state index contributed by atoms with van der Waals surface area (Å²) in [4.78, 5) is 15.4. The zero-order valence-electron chi connectivity index (χ0n) is 7.61. The van der Waals surface area contributed by atoms with Crippen LogP contribution in [0, 0.1) is 0 Å². The van der Waals surface area contributed by atoms with Gasteiger partial charge >= 0.3 is 6.09 Å². The molecule has 0 heterocycles. The Hall–Kier alpha value is -1.79. The Morgan fingerprint density at radius 1 is 1.36 bits per heavy atom. The molecule has 0 aliphatic carbocycles. The molecule has 1 amide bonds. The Bertz CT molecular complexity index is 299. The van der Waals surface area contributed by atoms with Crippen LogP contribution in [0.1, 0.15) is 0 Å². The molecule has 4 N–H and O–H groups in total. The number of amides is 1. The van der Waals surface area contributed by atoms with Gasteiger partial charge < -0.3 is 4.74 Å². The summed E-state index contributed by atoms with van der Waals surface area (Å²) in [6, 6.07) is 6.61. The van der Waals surface area contributed by atoms with E-state index in [1.54, 1.807) is 24.3 Å². The molecule has 0 spiro atoms. The van der Waals surface area contributed by atoms with Gasteiger partial charge in [0.15, 0.2) is 0 Å². The van der Waals surface area contributed by atoms with Gasteiger partial charge in [-0.15, -0.1) is 0 Å². The zero-order chi connectivity index (χ0) is 10.4. The van der Waals surface area contributed by atoms with Crippen LogP contribution in [0.2, 0.25) is 0 Å². The highest BCUT2D eigenvalue weighted by molar-refractivity contribution is 5.69. The fourth-order valence-electron chi connectivity index (χ4n) is 0.845. The van der Waals surface area contributed by atoms with Gasteiger partial charge in [-0.05, 0) is 24.3 Å². The molecule has 0 radical (unpaired) electrons. The molecule has 6 nitrogen and oxygen atoms in total. The maximum Gasteiger partial charge on any atom is 0.426 e. The quantitative estimate of drug-likeness (QED) is 0.376. The minimum atomic E-state index is -0.711. The van der Waals surface area contributed by atoms with Crippen molar-refractivity contribution in [3.63, 3.8) is 0 Å². The van der Waals surface area contributed by atoms with E-state index in [-0.39, 0.29) is 0 Å². The summed E-state index contributed by atoms with van der Waals surface area (Å²) < 4.78 is 4.75. The molecule has 0 fully saturated rings. The van der Waals surface area contributed by atoms with Crippen molar-refractivity contribution in [2.45, 2.75) is 0 Å². The number of nitrogens with one attached hydrogen (secondary N) is 2. The summed E-state index contributed by atoms with van der Waals surface area (Å²) >= 11 is 0. The van der Waals surface area contributed by atoms with E-state index in [4.69, 9.17) is 10.6 Å². The first kappa shape index (κ1) is 10.3. The van der Waals surface area contributed by atoms with E-state index in [1.165, 1.54) is 7.11 Å². The number of nitrogens with two attached hydrogens (primary N) is 1. The second-order valence-corrected chi connectivity index (χ2v) is 2.36. The number of carbonyl (C=O) groups excluding carboxylic acids is 1.